The molecule has 1 aliphatic heterocycles. The van der Waals surface area contributed by atoms with Crippen molar-refractivity contribution in [1.82, 2.24) is 20.0 Å². The van der Waals surface area contributed by atoms with E-state index < -0.39 is 0 Å². The van der Waals surface area contributed by atoms with E-state index in [0.29, 0.717) is 19.7 Å². The van der Waals surface area contributed by atoms with Gasteiger partial charge in [-0.2, -0.15) is 5.10 Å². The first-order valence-corrected chi connectivity index (χ1v) is 6.30. The molecule has 1 aromatic rings. The molecule has 1 unspecified atom stereocenters. The van der Waals surface area contributed by atoms with Crippen LogP contribution >= 0.6 is 0 Å². The Morgan fingerprint density at radius 1 is 1.67 bits per heavy atom. The van der Waals surface area contributed by atoms with E-state index in [0.717, 1.165) is 18.8 Å². The Balaban J connectivity index is 2.01. The molecule has 100 valence electrons. The average molecular weight is 252 g/mol. The molecule has 0 saturated carbocycles. The Kier molecular flexibility index (Phi) is 4.33. The van der Waals surface area contributed by atoms with Gasteiger partial charge in [0, 0.05) is 39.4 Å². The van der Waals surface area contributed by atoms with E-state index in [4.69, 9.17) is 4.74 Å². The zero-order chi connectivity index (χ0) is 13.0. The summed E-state index contributed by atoms with van der Waals surface area (Å²) in [6, 6.07) is 1.77. The number of rotatable bonds is 4. The van der Waals surface area contributed by atoms with Crippen molar-refractivity contribution < 1.29 is 9.53 Å². The van der Waals surface area contributed by atoms with Gasteiger partial charge in [0.05, 0.1) is 12.3 Å². The first-order valence-electron chi connectivity index (χ1n) is 6.30. The van der Waals surface area contributed by atoms with E-state index in [9.17, 15) is 4.79 Å². The van der Waals surface area contributed by atoms with E-state index >= 15 is 0 Å². The molecule has 0 spiro atoms. The molecule has 1 fully saturated rings. The highest BCUT2D eigenvalue weighted by molar-refractivity contribution is 5.76. The SMILES string of the molecule is CCOC(=O)C1CNCCN1Cc1ccn(C)n1. The monoisotopic (exact) mass is 252 g/mol. The van der Waals surface area contributed by atoms with Crippen LogP contribution in [0.1, 0.15) is 12.6 Å². The molecule has 2 heterocycles. The Morgan fingerprint density at radius 2 is 2.50 bits per heavy atom. The molecule has 18 heavy (non-hydrogen) atoms. The van der Waals surface area contributed by atoms with Crippen molar-refractivity contribution >= 4 is 5.97 Å². The molecule has 1 N–H and O–H groups in total. The van der Waals surface area contributed by atoms with Crippen LogP contribution < -0.4 is 5.32 Å². The van der Waals surface area contributed by atoms with E-state index in [1.807, 2.05) is 26.2 Å². The van der Waals surface area contributed by atoms with E-state index in [-0.39, 0.29) is 12.0 Å². The fourth-order valence-corrected chi connectivity index (χ4v) is 2.16. The Morgan fingerprint density at radius 3 is 3.17 bits per heavy atom. The van der Waals surface area contributed by atoms with Crippen LogP contribution in [-0.2, 0) is 23.1 Å². The zero-order valence-corrected chi connectivity index (χ0v) is 10.9. The predicted molar refractivity (Wildman–Crippen MR) is 66.9 cm³/mol. The second-order valence-electron chi connectivity index (χ2n) is 4.42. The number of hydrogen-bond acceptors (Lipinski definition) is 5. The molecule has 1 atom stereocenters. The second kappa shape index (κ2) is 5.97. The van der Waals surface area contributed by atoms with E-state index in [1.165, 1.54) is 0 Å². The summed E-state index contributed by atoms with van der Waals surface area (Å²) in [5.41, 5.74) is 0.980. The fraction of sp³-hybridized carbons (Fsp3) is 0.667. The van der Waals surface area contributed by atoms with Gasteiger partial charge in [-0.25, -0.2) is 0 Å². The van der Waals surface area contributed by atoms with Crippen molar-refractivity contribution in [3.8, 4) is 0 Å². The third kappa shape index (κ3) is 3.08. The summed E-state index contributed by atoms with van der Waals surface area (Å²) >= 11 is 0. The van der Waals surface area contributed by atoms with Gasteiger partial charge in [-0.1, -0.05) is 0 Å². The van der Waals surface area contributed by atoms with Crippen LogP contribution in [0.4, 0.5) is 0 Å². The Hall–Kier alpha value is -1.40. The number of aromatic nitrogens is 2. The highest BCUT2D eigenvalue weighted by Gasteiger charge is 2.29. The van der Waals surface area contributed by atoms with Crippen molar-refractivity contribution in [2.45, 2.75) is 19.5 Å². The molecule has 1 aliphatic rings. The van der Waals surface area contributed by atoms with Crippen LogP contribution in [0.25, 0.3) is 0 Å². The second-order valence-corrected chi connectivity index (χ2v) is 4.42. The molecule has 6 nitrogen and oxygen atoms in total. The minimum absolute atomic E-state index is 0.152. The van der Waals surface area contributed by atoms with Crippen molar-refractivity contribution in [3.63, 3.8) is 0 Å². The summed E-state index contributed by atoms with van der Waals surface area (Å²) in [6.07, 6.45) is 1.91. The van der Waals surface area contributed by atoms with Gasteiger partial charge in [0.15, 0.2) is 0 Å². The van der Waals surface area contributed by atoms with Crippen molar-refractivity contribution in [3.05, 3.63) is 18.0 Å². The maximum absolute atomic E-state index is 11.9. The van der Waals surface area contributed by atoms with Gasteiger partial charge >= 0.3 is 5.97 Å². The van der Waals surface area contributed by atoms with Crippen LogP contribution in [0.5, 0.6) is 0 Å². The highest BCUT2D eigenvalue weighted by Crippen LogP contribution is 2.10. The predicted octanol–water partition coefficient (Wildman–Crippen LogP) is -0.243. The molecule has 0 aromatic carbocycles. The maximum atomic E-state index is 11.9. The summed E-state index contributed by atoms with van der Waals surface area (Å²) < 4.78 is 6.88. The van der Waals surface area contributed by atoms with Gasteiger partial charge < -0.3 is 10.1 Å². The molecular weight excluding hydrogens is 232 g/mol. The first-order chi connectivity index (χ1) is 8.70. The van der Waals surface area contributed by atoms with Crippen LogP contribution in [-0.4, -0.2) is 52.9 Å². The van der Waals surface area contributed by atoms with E-state index in [1.54, 1.807) is 4.68 Å². The summed E-state index contributed by atoms with van der Waals surface area (Å²) in [4.78, 5) is 14.0. The van der Waals surface area contributed by atoms with Gasteiger partial charge in [0.2, 0.25) is 0 Å². The van der Waals surface area contributed by atoms with Crippen LogP contribution in [0.3, 0.4) is 0 Å². The number of carbonyl (C=O) groups excluding carboxylic acids is 1. The molecule has 0 radical (unpaired) electrons. The van der Waals surface area contributed by atoms with Gasteiger partial charge in [0.25, 0.3) is 0 Å². The summed E-state index contributed by atoms with van der Waals surface area (Å²) in [5.74, 6) is -0.152. The summed E-state index contributed by atoms with van der Waals surface area (Å²) in [5, 5.41) is 7.57. The van der Waals surface area contributed by atoms with Gasteiger partial charge in [-0.15, -0.1) is 0 Å². The number of ether oxygens (including phenoxy) is 1. The number of nitrogens with one attached hydrogen (secondary N) is 1. The molecular formula is C12H20N4O2. The van der Waals surface area contributed by atoms with Crippen LogP contribution in [0.15, 0.2) is 12.3 Å². The fourth-order valence-electron chi connectivity index (χ4n) is 2.16. The largest absolute Gasteiger partial charge is 0.465 e. The topological polar surface area (TPSA) is 59.4 Å². The van der Waals surface area contributed by atoms with Gasteiger partial charge in [0.1, 0.15) is 6.04 Å². The molecule has 2 rings (SSSR count). The lowest BCUT2D eigenvalue weighted by atomic mass is 10.2. The van der Waals surface area contributed by atoms with Crippen LogP contribution in [0.2, 0.25) is 0 Å². The standard InChI is InChI=1S/C12H20N4O2/c1-3-18-12(17)11-8-13-5-7-16(11)9-10-4-6-15(2)14-10/h4,6,11,13H,3,5,7-9H2,1-2H3. The molecule has 6 heteroatoms. The lowest BCUT2D eigenvalue weighted by Gasteiger charge is -2.33. The zero-order valence-electron chi connectivity index (χ0n) is 10.9. The number of esters is 1. The molecule has 0 aliphatic carbocycles. The van der Waals surface area contributed by atoms with Gasteiger partial charge in [-0.05, 0) is 13.0 Å². The van der Waals surface area contributed by atoms with Crippen molar-refractivity contribution in [1.29, 1.82) is 0 Å². The third-order valence-electron chi connectivity index (χ3n) is 3.05. The molecule has 1 aromatic heterocycles. The minimum atomic E-state index is -0.208. The third-order valence-corrected chi connectivity index (χ3v) is 3.05. The molecule has 0 bridgehead atoms. The Bertz CT molecular complexity index is 405. The lowest BCUT2D eigenvalue weighted by Crippen LogP contribution is -2.54. The molecule has 0 amide bonds. The lowest BCUT2D eigenvalue weighted by molar-refractivity contribution is -0.150. The maximum Gasteiger partial charge on any atom is 0.324 e. The smallest absolute Gasteiger partial charge is 0.324 e. The number of hydrogen-bond donors (Lipinski definition) is 1. The first kappa shape index (κ1) is 13.0. The summed E-state index contributed by atoms with van der Waals surface area (Å²) in [7, 11) is 1.89. The molecule has 1 saturated heterocycles. The van der Waals surface area contributed by atoms with Crippen molar-refractivity contribution in [2.24, 2.45) is 7.05 Å². The quantitative estimate of drug-likeness (QED) is 0.749. The highest BCUT2D eigenvalue weighted by atomic mass is 16.5. The minimum Gasteiger partial charge on any atom is -0.465 e. The van der Waals surface area contributed by atoms with E-state index in [2.05, 4.69) is 15.3 Å². The number of aryl methyl sites for hydroxylation is 1. The number of piperazine rings is 1. The number of nitrogens with zero attached hydrogens (tertiary/aromatic N) is 3. The summed E-state index contributed by atoms with van der Waals surface area (Å²) in [6.45, 7) is 5.31. The van der Waals surface area contributed by atoms with Gasteiger partial charge in [-0.3, -0.25) is 14.4 Å². The van der Waals surface area contributed by atoms with Crippen LogP contribution in [0, 0.1) is 0 Å². The normalized spacial score (nSPS) is 20.9. The van der Waals surface area contributed by atoms with Crippen molar-refractivity contribution in [2.75, 3.05) is 26.2 Å². The Labute approximate surface area is 107 Å². The average Bonchev–Trinajstić information content (AvgIpc) is 2.76. The number of carbonyl (C=O) groups is 1.